The Morgan fingerprint density at radius 3 is 2.88 bits per heavy atom. The highest BCUT2D eigenvalue weighted by Crippen LogP contribution is 2.32. The van der Waals surface area contributed by atoms with E-state index in [0.717, 1.165) is 0 Å². The van der Waals surface area contributed by atoms with E-state index < -0.39 is 0 Å². The molecule has 0 spiro atoms. The number of nitrogen functional groups attached to an aromatic ring is 1. The van der Waals surface area contributed by atoms with Gasteiger partial charge < -0.3 is 10.6 Å². The van der Waals surface area contributed by atoms with Crippen molar-refractivity contribution < 1.29 is 14.2 Å². The van der Waals surface area contributed by atoms with Crippen molar-refractivity contribution in [2.75, 3.05) is 18.8 Å². The predicted molar refractivity (Wildman–Crippen MR) is 120 cm³/mol. The van der Waals surface area contributed by atoms with Crippen molar-refractivity contribution in [3.63, 3.8) is 0 Å². The highest BCUT2D eigenvalue weighted by atomic mass is 16.6. The van der Waals surface area contributed by atoms with Gasteiger partial charge in [-0.25, -0.2) is 9.61 Å². The van der Waals surface area contributed by atoms with Gasteiger partial charge in [0.25, 0.3) is 0 Å². The van der Waals surface area contributed by atoms with Crippen molar-refractivity contribution in [3.8, 4) is 11.8 Å². The van der Waals surface area contributed by atoms with Crippen molar-refractivity contribution in [2.45, 2.75) is 19.4 Å². The quantitative estimate of drug-likeness (QED) is 0.290. The molecule has 1 aliphatic rings. The zero-order chi connectivity index (χ0) is 23.1. The van der Waals surface area contributed by atoms with Crippen LogP contribution < -0.4 is 5.73 Å². The molecule has 0 unspecified atom stereocenters. The first kappa shape index (κ1) is 20.4. The van der Waals surface area contributed by atoms with E-state index in [0.29, 0.717) is 58.3 Å². The van der Waals surface area contributed by atoms with E-state index in [4.69, 9.17) is 15.5 Å². The number of likely N-dealkylation sites (tertiary alicyclic amines) is 1. The number of carbonyl (C=O) groups excluding carboxylic acids is 2. The second kappa shape index (κ2) is 7.87. The van der Waals surface area contributed by atoms with Crippen molar-refractivity contribution in [2.24, 2.45) is 0 Å². The van der Waals surface area contributed by atoms with Crippen LogP contribution in [0.3, 0.4) is 0 Å². The van der Waals surface area contributed by atoms with Crippen LogP contribution in [-0.4, -0.2) is 54.8 Å². The van der Waals surface area contributed by atoms with Crippen LogP contribution in [0.5, 0.6) is 0 Å². The van der Waals surface area contributed by atoms with Gasteiger partial charge in [-0.15, -0.1) is 0 Å². The minimum absolute atomic E-state index is 0.135. The van der Waals surface area contributed by atoms with Crippen LogP contribution in [0.1, 0.15) is 41.0 Å². The van der Waals surface area contributed by atoms with Crippen LogP contribution in [0.2, 0.25) is 0 Å². The largest absolute Gasteiger partial charge is 0.383 e. The Balaban J connectivity index is 1.64. The molecule has 0 saturated carbocycles. The first-order valence-electron chi connectivity index (χ1n) is 10.3. The predicted octanol–water partition coefficient (Wildman–Crippen LogP) is 2.11. The molecule has 1 atom stereocenters. The summed E-state index contributed by atoms with van der Waals surface area (Å²) in [5.41, 5.74) is 9.52. The van der Waals surface area contributed by atoms with Gasteiger partial charge in [0.05, 0.1) is 22.5 Å². The standard InChI is InChI=1S/C23H19N7O3/c1-3-20(32)29-9-8-15(12-29)30-22-16(13(2)31)11-25-23(24)21(22)18(26-30)7-5-14-4-6-17-19(10-14)28-33-27-17/h3-4,6,10-11,15H,1,8-9,12H2,2H3,(H2,24,25)/t15-/m0/s1. The maximum absolute atomic E-state index is 12.4. The van der Waals surface area contributed by atoms with E-state index >= 15 is 0 Å². The summed E-state index contributed by atoms with van der Waals surface area (Å²) >= 11 is 0. The van der Waals surface area contributed by atoms with Gasteiger partial charge in [0.2, 0.25) is 5.91 Å². The summed E-state index contributed by atoms with van der Waals surface area (Å²) in [4.78, 5) is 30.4. The Labute approximate surface area is 188 Å². The third-order valence-electron chi connectivity index (χ3n) is 5.71. The molecule has 4 heterocycles. The number of ketones is 1. The maximum atomic E-state index is 12.4. The van der Waals surface area contributed by atoms with Crippen molar-refractivity contribution in [3.05, 3.63) is 53.9 Å². The number of benzene rings is 1. The molecule has 3 aromatic heterocycles. The Morgan fingerprint density at radius 2 is 2.09 bits per heavy atom. The van der Waals surface area contributed by atoms with Crippen molar-refractivity contribution in [1.82, 2.24) is 30.0 Å². The molecule has 5 rings (SSSR count). The highest BCUT2D eigenvalue weighted by Gasteiger charge is 2.30. The fraction of sp³-hybridized carbons (Fsp3) is 0.217. The summed E-state index contributed by atoms with van der Waals surface area (Å²) in [6.45, 7) is 6.05. The third-order valence-corrected chi connectivity index (χ3v) is 5.71. The number of anilines is 1. The second-order valence-corrected chi connectivity index (χ2v) is 7.78. The van der Waals surface area contributed by atoms with Gasteiger partial charge in [0, 0.05) is 24.8 Å². The van der Waals surface area contributed by atoms with Gasteiger partial charge in [0.1, 0.15) is 22.5 Å². The van der Waals surface area contributed by atoms with E-state index in [9.17, 15) is 9.59 Å². The van der Waals surface area contributed by atoms with E-state index in [1.807, 2.05) is 0 Å². The number of hydrogen-bond acceptors (Lipinski definition) is 8. The van der Waals surface area contributed by atoms with Gasteiger partial charge in [-0.2, -0.15) is 5.10 Å². The minimum Gasteiger partial charge on any atom is -0.383 e. The van der Waals surface area contributed by atoms with Crippen LogP contribution in [0.15, 0.2) is 41.7 Å². The zero-order valence-corrected chi connectivity index (χ0v) is 17.8. The van der Waals surface area contributed by atoms with Crippen LogP contribution in [0.4, 0.5) is 5.82 Å². The molecule has 0 radical (unpaired) electrons. The molecule has 10 nitrogen and oxygen atoms in total. The fourth-order valence-electron chi connectivity index (χ4n) is 4.07. The topological polar surface area (TPSA) is 133 Å². The molecule has 1 saturated heterocycles. The molecule has 4 aromatic rings. The lowest BCUT2D eigenvalue weighted by Crippen LogP contribution is -2.27. The molecule has 0 bridgehead atoms. The molecular formula is C23H19N7O3. The fourth-order valence-corrected chi connectivity index (χ4v) is 4.07. The molecule has 2 N–H and O–H groups in total. The first-order chi connectivity index (χ1) is 16.0. The number of fused-ring (bicyclic) bond motifs is 2. The second-order valence-electron chi connectivity index (χ2n) is 7.78. The average molecular weight is 441 g/mol. The van der Waals surface area contributed by atoms with Crippen LogP contribution in [0.25, 0.3) is 21.9 Å². The molecule has 1 fully saturated rings. The smallest absolute Gasteiger partial charge is 0.246 e. The summed E-state index contributed by atoms with van der Waals surface area (Å²) in [5, 5.41) is 12.9. The van der Waals surface area contributed by atoms with Crippen LogP contribution in [0, 0.1) is 11.8 Å². The van der Waals surface area contributed by atoms with E-state index in [2.05, 4.69) is 33.7 Å². The monoisotopic (exact) mass is 441 g/mol. The van der Waals surface area contributed by atoms with E-state index in [1.54, 1.807) is 27.8 Å². The molecule has 10 heteroatoms. The Morgan fingerprint density at radius 1 is 1.27 bits per heavy atom. The lowest BCUT2D eigenvalue weighted by Gasteiger charge is -2.16. The van der Waals surface area contributed by atoms with Gasteiger partial charge in [0.15, 0.2) is 5.78 Å². The van der Waals surface area contributed by atoms with Gasteiger partial charge >= 0.3 is 0 Å². The number of nitrogens with zero attached hydrogens (tertiary/aromatic N) is 6. The molecule has 1 aliphatic heterocycles. The summed E-state index contributed by atoms with van der Waals surface area (Å²) in [6.07, 6.45) is 3.44. The molecular weight excluding hydrogens is 422 g/mol. The van der Waals surface area contributed by atoms with Crippen molar-refractivity contribution in [1.29, 1.82) is 0 Å². The number of pyridine rings is 1. The summed E-state index contributed by atoms with van der Waals surface area (Å²) in [6, 6.07) is 5.19. The third kappa shape index (κ3) is 3.49. The molecule has 0 aliphatic carbocycles. The van der Waals surface area contributed by atoms with E-state index in [1.165, 1.54) is 19.2 Å². The summed E-state index contributed by atoms with van der Waals surface area (Å²) < 4.78 is 6.49. The van der Waals surface area contributed by atoms with Gasteiger partial charge in [-0.1, -0.05) is 12.5 Å². The number of hydrogen-bond donors (Lipinski definition) is 1. The lowest BCUT2D eigenvalue weighted by atomic mass is 10.1. The zero-order valence-electron chi connectivity index (χ0n) is 17.8. The Hall–Kier alpha value is -4.52. The van der Waals surface area contributed by atoms with Gasteiger partial charge in [-0.3, -0.25) is 14.3 Å². The molecule has 33 heavy (non-hydrogen) atoms. The van der Waals surface area contributed by atoms with Crippen LogP contribution >= 0.6 is 0 Å². The molecule has 1 aromatic carbocycles. The Kier molecular flexibility index (Phi) is 4.86. The summed E-state index contributed by atoms with van der Waals surface area (Å²) in [7, 11) is 0. The summed E-state index contributed by atoms with van der Waals surface area (Å²) in [5.74, 6) is 6.08. The first-order valence-corrected chi connectivity index (χ1v) is 10.3. The molecule has 1 amide bonds. The number of aromatic nitrogens is 5. The number of nitrogens with two attached hydrogens (primary N) is 1. The van der Waals surface area contributed by atoms with E-state index in [-0.39, 0.29) is 23.6 Å². The lowest BCUT2D eigenvalue weighted by molar-refractivity contribution is -0.125. The Bertz CT molecular complexity index is 1510. The number of amides is 1. The molecule has 164 valence electrons. The van der Waals surface area contributed by atoms with Crippen molar-refractivity contribution >= 4 is 39.4 Å². The minimum atomic E-state index is -0.158. The number of carbonyl (C=O) groups is 2. The van der Waals surface area contributed by atoms with Crippen LogP contribution in [-0.2, 0) is 4.79 Å². The van der Waals surface area contributed by atoms with Gasteiger partial charge in [-0.05, 0) is 53.9 Å². The SMILES string of the molecule is C=CC(=O)N1CC[C@H](n2nc(C#Cc3ccc4nonc4c3)c3c(N)ncc(C(C)=O)c32)C1. The number of rotatable bonds is 3. The normalized spacial score (nSPS) is 15.5. The average Bonchev–Trinajstić information content (AvgIpc) is 3.55. The maximum Gasteiger partial charge on any atom is 0.246 e. The highest BCUT2D eigenvalue weighted by molar-refractivity contribution is 6.09. The number of Topliss-reactive ketones (excluding diaryl/α,β-unsaturated/α-hetero) is 1.